The molecule has 1 saturated heterocycles. The van der Waals surface area contributed by atoms with Gasteiger partial charge in [0.25, 0.3) is 5.91 Å². The number of methoxy groups -OCH3 is 2. The topological polar surface area (TPSA) is 170 Å². The summed E-state index contributed by atoms with van der Waals surface area (Å²) in [5.41, 5.74) is 2.00. The van der Waals surface area contributed by atoms with Crippen molar-refractivity contribution < 1.29 is 24.2 Å². The highest BCUT2D eigenvalue weighted by atomic mass is 16.5. The van der Waals surface area contributed by atoms with Gasteiger partial charge in [0.15, 0.2) is 16.9 Å². The number of piperazine rings is 1. The first kappa shape index (κ1) is 32.3. The van der Waals surface area contributed by atoms with E-state index in [0.717, 1.165) is 19.3 Å². The zero-order valence-corrected chi connectivity index (χ0v) is 28.4. The third-order valence-electron chi connectivity index (χ3n) is 10.6. The van der Waals surface area contributed by atoms with E-state index in [2.05, 4.69) is 34.2 Å². The van der Waals surface area contributed by atoms with Gasteiger partial charge in [0, 0.05) is 49.7 Å². The first-order valence-electron chi connectivity index (χ1n) is 16.6. The molecule has 0 unspecified atom stereocenters. The summed E-state index contributed by atoms with van der Waals surface area (Å²) < 4.78 is 12.4. The minimum absolute atomic E-state index is 0.0265. The van der Waals surface area contributed by atoms with Crippen molar-refractivity contribution in [2.75, 3.05) is 45.3 Å². The Balaban J connectivity index is 1.23. The Morgan fingerprint density at radius 2 is 1.80 bits per heavy atom. The molecule has 3 saturated carbocycles. The van der Waals surface area contributed by atoms with Gasteiger partial charge in [-0.2, -0.15) is 0 Å². The fourth-order valence-corrected chi connectivity index (χ4v) is 7.91. The SMILES string of the molecule is CCc1c(N2CCN(C(=O)c3c(O)cncc3OC)CC2)c(=O)c2nn(-c3ccnc(OC)c3)nc2n1CC(=O)NC12CC(C(C)C)(C1)C2. The number of ether oxygens (including phenoxy) is 2. The number of carbonyl (C=O) groups excluding carboxylic acids is 2. The third kappa shape index (κ3) is 5.31. The summed E-state index contributed by atoms with van der Waals surface area (Å²) in [5.74, 6) is 0.338. The van der Waals surface area contributed by atoms with Crippen molar-refractivity contribution in [1.82, 2.24) is 39.7 Å². The van der Waals surface area contributed by atoms with Crippen LogP contribution in [-0.2, 0) is 17.8 Å². The summed E-state index contributed by atoms with van der Waals surface area (Å²) in [5, 5.41) is 23.1. The van der Waals surface area contributed by atoms with Crippen LogP contribution in [0.2, 0.25) is 0 Å². The molecule has 258 valence electrons. The van der Waals surface area contributed by atoms with Crippen molar-refractivity contribution in [3.05, 3.63) is 52.2 Å². The van der Waals surface area contributed by atoms with Crippen LogP contribution in [-0.4, -0.2) is 97.3 Å². The normalized spacial score (nSPS) is 21.3. The van der Waals surface area contributed by atoms with E-state index in [1.807, 2.05) is 16.4 Å². The number of rotatable bonds is 10. The lowest BCUT2D eigenvalue weighted by atomic mass is 9.36. The highest BCUT2D eigenvalue weighted by Gasteiger charge is 2.69. The van der Waals surface area contributed by atoms with E-state index in [1.165, 1.54) is 31.4 Å². The van der Waals surface area contributed by atoms with E-state index >= 15 is 0 Å². The number of aromatic nitrogens is 6. The van der Waals surface area contributed by atoms with Crippen molar-refractivity contribution in [2.24, 2.45) is 11.3 Å². The predicted molar refractivity (Wildman–Crippen MR) is 179 cm³/mol. The van der Waals surface area contributed by atoms with Crippen LogP contribution in [0.1, 0.15) is 56.1 Å². The highest BCUT2D eigenvalue weighted by Crippen LogP contribution is 2.70. The van der Waals surface area contributed by atoms with E-state index < -0.39 is 0 Å². The fourth-order valence-electron chi connectivity index (χ4n) is 7.91. The summed E-state index contributed by atoms with van der Waals surface area (Å²) in [6.07, 6.45) is 7.57. The van der Waals surface area contributed by atoms with Crippen molar-refractivity contribution >= 4 is 28.7 Å². The molecule has 0 radical (unpaired) electrons. The third-order valence-corrected chi connectivity index (χ3v) is 10.6. The number of carbonyl (C=O) groups is 2. The zero-order chi connectivity index (χ0) is 34.7. The van der Waals surface area contributed by atoms with E-state index in [-0.39, 0.29) is 65.0 Å². The highest BCUT2D eigenvalue weighted by molar-refractivity contribution is 5.99. The van der Waals surface area contributed by atoms with Crippen LogP contribution in [0, 0.1) is 11.3 Å². The van der Waals surface area contributed by atoms with Gasteiger partial charge in [-0.05, 0) is 43.1 Å². The van der Waals surface area contributed by atoms with Gasteiger partial charge in [0.05, 0.1) is 32.3 Å². The minimum Gasteiger partial charge on any atom is -0.505 e. The summed E-state index contributed by atoms with van der Waals surface area (Å²) in [7, 11) is 2.93. The monoisotopic (exact) mass is 671 g/mol. The smallest absolute Gasteiger partial charge is 0.261 e. The van der Waals surface area contributed by atoms with Gasteiger partial charge in [-0.3, -0.25) is 19.4 Å². The molecule has 4 aromatic heterocycles. The number of hydrogen-bond acceptors (Lipinski definition) is 11. The molecule has 2 bridgehead atoms. The van der Waals surface area contributed by atoms with Gasteiger partial charge >= 0.3 is 0 Å². The molecule has 0 aromatic carbocycles. The molecule has 3 aliphatic carbocycles. The van der Waals surface area contributed by atoms with Crippen LogP contribution in [0.15, 0.2) is 35.5 Å². The van der Waals surface area contributed by atoms with Gasteiger partial charge in [0.1, 0.15) is 23.5 Å². The molecule has 5 heterocycles. The molecule has 15 heteroatoms. The van der Waals surface area contributed by atoms with Crippen LogP contribution < -0.4 is 25.1 Å². The molecule has 4 aliphatic rings. The summed E-state index contributed by atoms with van der Waals surface area (Å²) in [6, 6.07) is 3.38. The van der Waals surface area contributed by atoms with Gasteiger partial charge in [0.2, 0.25) is 17.2 Å². The first-order chi connectivity index (χ1) is 23.5. The molecule has 1 aliphatic heterocycles. The van der Waals surface area contributed by atoms with Crippen molar-refractivity contribution in [2.45, 2.75) is 58.5 Å². The predicted octanol–water partition coefficient (Wildman–Crippen LogP) is 2.31. The number of fused-ring (bicyclic) bond motifs is 1. The van der Waals surface area contributed by atoms with Crippen molar-refractivity contribution in [3.8, 4) is 23.1 Å². The molecule has 15 nitrogen and oxygen atoms in total. The minimum atomic E-state index is -0.389. The number of hydrogen-bond donors (Lipinski definition) is 2. The van der Waals surface area contributed by atoms with Crippen LogP contribution in [0.3, 0.4) is 0 Å². The average molecular weight is 672 g/mol. The van der Waals surface area contributed by atoms with Crippen molar-refractivity contribution in [1.29, 1.82) is 0 Å². The first-order valence-corrected chi connectivity index (χ1v) is 16.6. The van der Waals surface area contributed by atoms with Gasteiger partial charge in [-0.25, -0.2) is 4.98 Å². The Hall–Kier alpha value is -5.21. The molecule has 2 N–H and O–H groups in total. The molecular formula is C34H41N9O6. The molecule has 4 aromatic rings. The number of nitrogens with one attached hydrogen (secondary N) is 1. The Bertz CT molecular complexity index is 1990. The van der Waals surface area contributed by atoms with E-state index in [0.29, 0.717) is 59.4 Å². The lowest BCUT2D eigenvalue weighted by Gasteiger charge is -2.72. The maximum atomic E-state index is 14.3. The van der Waals surface area contributed by atoms with E-state index in [4.69, 9.17) is 14.6 Å². The molecule has 4 fully saturated rings. The molecular weight excluding hydrogens is 630 g/mol. The summed E-state index contributed by atoms with van der Waals surface area (Å²) >= 11 is 0. The molecule has 2 amide bonds. The Kier molecular flexibility index (Phi) is 7.95. The molecule has 8 rings (SSSR count). The molecule has 0 atom stereocenters. The fraction of sp³-hybridized carbons (Fsp3) is 0.500. The lowest BCUT2D eigenvalue weighted by molar-refractivity contribution is -0.187. The van der Waals surface area contributed by atoms with Gasteiger partial charge < -0.3 is 34.3 Å². The second-order valence-electron chi connectivity index (χ2n) is 13.7. The lowest BCUT2D eigenvalue weighted by Crippen LogP contribution is -2.76. The van der Waals surface area contributed by atoms with Crippen LogP contribution >= 0.6 is 0 Å². The standard InChI is InChI=1S/C34H41N9O6/c1-6-22-29(40-9-11-41(12-10-40)32(47)27-23(44)14-35-15-24(27)48-4)30(46)28-31(39-43(38-28)21-7-8-36-26(13-21)49-5)42(22)16-25(45)37-34-17-33(18-34,19-34)20(2)3/h7-8,13-15,20,44H,6,9-12,16-19H2,1-5H3,(H,37,45). The summed E-state index contributed by atoms with van der Waals surface area (Å²) in [4.78, 5) is 54.5. The maximum Gasteiger partial charge on any atom is 0.261 e. The Labute approximate surface area is 282 Å². The second kappa shape index (κ2) is 12.0. The van der Waals surface area contributed by atoms with Crippen LogP contribution in [0.4, 0.5) is 5.69 Å². The number of amides is 2. The van der Waals surface area contributed by atoms with Crippen molar-refractivity contribution in [3.63, 3.8) is 0 Å². The number of anilines is 1. The molecule has 49 heavy (non-hydrogen) atoms. The molecule has 0 spiro atoms. The number of aromatic hydroxyl groups is 1. The van der Waals surface area contributed by atoms with E-state index in [9.17, 15) is 19.5 Å². The summed E-state index contributed by atoms with van der Waals surface area (Å²) in [6.45, 7) is 7.67. The average Bonchev–Trinajstić information content (AvgIpc) is 3.52. The zero-order valence-electron chi connectivity index (χ0n) is 28.4. The van der Waals surface area contributed by atoms with Crippen LogP contribution in [0.5, 0.6) is 17.4 Å². The second-order valence-corrected chi connectivity index (χ2v) is 13.7. The number of pyridine rings is 3. The van der Waals surface area contributed by atoms with Gasteiger partial charge in [-0.15, -0.1) is 15.0 Å². The Morgan fingerprint density at radius 1 is 1.06 bits per heavy atom. The van der Waals surface area contributed by atoms with Crippen LogP contribution in [0.25, 0.3) is 16.9 Å². The van der Waals surface area contributed by atoms with Gasteiger partial charge in [-0.1, -0.05) is 20.8 Å². The number of nitrogens with zero attached hydrogens (tertiary/aromatic N) is 8. The van der Waals surface area contributed by atoms with E-state index in [1.54, 1.807) is 23.2 Å². The quantitative estimate of drug-likeness (QED) is 0.254. The Morgan fingerprint density at radius 3 is 2.45 bits per heavy atom. The largest absolute Gasteiger partial charge is 0.505 e. The maximum absolute atomic E-state index is 14.3.